The van der Waals surface area contributed by atoms with Crippen molar-refractivity contribution >= 4 is 10.9 Å². The summed E-state index contributed by atoms with van der Waals surface area (Å²) in [5, 5.41) is 14.0. The summed E-state index contributed by atoms with van der Waals surface area (Å²) < 4.78 is 11.8. The molecule has 7 heteroatoms. The van der Waals surface area contributed by atoms with E-state index < -0.39 is 0 Å². The number of hydrogen-bond acceptors (Lipinski definition) is 6. The molecule has 34 heavy (non-hydrogen) atoms. The van der Waals surface area contributed by atoms with Crippen LogP contribution in [0.2, 0.25) is 0 Å². The molecule has 1 aliphatic rings. The zero-order valence-corrected chi connectivity index (χ0v) is 19.3. The molecule has 5 rings (SSSR count). The predicted molar refractivity (Wildman–Crippen MR) is 132 cm³/mol. The average molecular weight is 454 g/mol. The van der Waals surface area contributed by atoms with E-state index in [0.29, 0.717) is 17.2 Å². The number of nitriles is 1. The maximum atomic E-state index is 9.61. The van der Waals surface area contributed by atoms with Crippen LogP contribution < -0.4 is 14.8 Å². The molecule has 0 aliphatic carbocycles. The first-order valence-corrected chi connectivity index (χ1v) is 11.6. The van der Waals surface area contributed by atoms with Crippen LogP contribution in [-0.2, 0) is 0 Å². The van der Waals surface area contributed by atoms with Crippen molar-refractivity contribution < 1.29 is 9.47 Å². The molecular formula is C27H27N5O2. The summed E-state index contributed by atoms with van der Waals surface area (Å²) in [5.41, 5.74) is 5.20. The van der Waals surface area contributed by atoms with Crippen LogP contribution in [0, 0.1) is 11.3 Å². The summed E-state index contributed by atoms with van der Waals surface area (Å²) in [7, 11) is 0. The number of piperidine rings is 1. The zero-order chi connectivity index (χ0) is 23.5. The van der Waals surface area contributed by atoms with E-state index in [0.717, 1.165) is 59.2 Å². The molecule has 0 spiro atoms. The second kappa shape index (κ2) is 9.54. The van der Waals surface area contributed by atoms with Gasteiger partial charge in [-0.05, 0) is 68.6 Å². The van der Waals surface area contributed by atoms with E-state index in [9.17, 15) is 5.26 Å². The lowest BCUT2D eigenvalue weighted by molar-refractivity contribution is 0.160. The first-order chi connectivity index (χ1) is 16.6. The number of benzene rings is 2. The lowest BCUT2D eigenvalue weighted by Crippen LogP contribution is -2.37. The summed E-state index contributed by atoms with van der Waals surface area (Å²) in [6, 6.07) is 14.2. The van der Waals surface area contributed by atoms with Gasteiger partial charge in [-0.25, -0.2) is 4.98 Å². The Hall–Kier alpha value is -3.89. The third kappa shape index (κ3) is 4.59. The summed E-state index contributed by atoms with van der Waals surface area (Å²) in [4.78, 5) is 12.4. The van der Waals surface area contributed by atoms with Crippen molar-refractivity contribution in [1.82, 2.24) is 20.3 Å². The fourth-order valence-electron chi connectivity index (χ4n) is 4.29. The SMILES string of the molecule is CC(C)Oc1ccc(-c2ccc3[nH]cc(-c4cncc(OC5CCCNC5)n4)c3c2)cc1C#N. The van der Waals surface area contributed by atoms with Gasteiger partial charge in [0.15, 0.2) is 0 Å². The van der Waals surface area contributed by atoms with E-state index in [1.165, 1.54) is 0 Å². The molecule has 2 N–H and O–H groups in total. The first-order valence-electron chi connectivity index (χ1n) is 11.6. The largest absolute Gasteiger partial charge is 0.490 e. The van der Waals surface area contributed by atoms with E-state index in [4.69, 9.17) is 14.5 Å². The van der Waals surface area contributed by atoms with Gasteiger partial charge in [0.2, 0.25) is 5.88 Å². The second-order valence-corrected chi connectivity index (χ2v) is 8.78. The monoisotopic (exact) mass is 453 g/mol. The summed E-state index contributed by atoms with van der Waals surface area (Å²) in [6.07, 6.45) is 7.61. The van der Waals surface area contributed by atoms with Gasteiger partial charge in [0.05, 0.1) is 29.8 Å². The van der Waals surface area contributed by atoms with Crippen molar-refractivity contribution in [3.8, 4) is 40.1 Å². The average Bonchev–Trinajstić information content (AvgIpc) is 3.28. The van der Waals surface area contributed by atoms with Gasteiger partial charge >= 0.3 is 0 Å². The minimum absolute atomic E-state index is 0.00643. The maximum absolute atomic E-state index is 9.61. The van der Waals surface area contributed by atoms with Crippen LogP contribution in [0.3, 0.4) is 0 Å². The van der Waals surface area contributed by atoms with Gasteiger partial charge in [-0.15, -0.1) is 0 Å². The number of aromatic nitrogens is 3. The van der Waals surface area contributed by atoms with Gasteiger partial charge in [-0.1, -0.05) is 12.1 Å². The number of aromatic amines is 1. The molecule has 2 aromatic heterocycles. The van der Waals surface area contributed by atoms with Crippen LogP contribution in [-0.4, -0.2) is 40.2 Å². The highest BCUT2D eigenvalue weighted by molar-refractivity contribution is 5.97. The number of hydrogen-bond donors (Lipinski definition) is 2. The molecule has 1 fully saturated rings. The molecule has 7 nitrogen and oxygen atoms in total. The highest BCUT2D eigenvalue weighted by Gasteiger charge is 2.17. The Morgan fingerprint density at radius 1 is 1.12 bits per heavy atom. The Labute approximate surface area is 198 Å². The summed E-state index contributed by atoms with van der Waals surface area (Å²) in [5.74, 6) is 1.14. The Kier molecular flexibility index (Phi) is 6.15. The third-order valence-electron chi connectivity index (χ3n) is 5.91. The van der Waals surface area contributed by atoms with Gasteiger partial charge in [0.25, 0.3) is 0 Å². The molecule has 0 saturated carbocycles. The number of H-pyrrole nitrogens is 1. The highest BCUT2D eigenvalue weighted by atomic mass is 16.5. The third-order valence-corrected chi connectivity index (χ3v) is 5.91. The Morgan fingerprint density at radius 2 is 1.97 bits per heavy atom. The van der Waals surface area contributed by atoms with Gasteiger partial charge < -0.3 is 19.8 Å². The van der Waals surface area contributed by atoms with Crippen LogP contribution in [0.15, 0.2) is 55.0 Å². The van der Waals surface area contributed by atoms with Crippen molar-refractivity contribution in [2.45, 2.75) is 38.9 Å². The van der Waals surface area contributed by atoms with Crippen LogP contribution in [0.4, 0.5) is 0 Å². The second-order valence-electron chi connectivity index (χ2n) is 8.78. The van der Waals surface area contributed by atoms with Crippen LogP contribution in [0.1, 0.15) is 32.3 Å². The molecule has 4 aromatic rings. The molecule has 0 radical (unpaired) electrons. The van der Waals surface area contributed by atoms with Crippen molar-refractivity contribution in [2.75, 3.05) is 13.1 Å². The lowest BCUT2D eigenvalue weighted by atomic mass is 10.00. The fourth-order valence-corrected chi connectivity index (χ4v) is 4.29. The minimum Gasteiger partial charge on any atom is -0.490 e. The molecule has 0 amide bonds. The van der Waals surface area contributed by atoms with Crippen molar-refractivity contribution in [2.24, 2.45) is 0 Å². The molecule has 172 valence electrons. The van der Waals surface area contributed by atoms with Crippen molar-refractivity contribution in [1.29, 1.82) is 5.26 Å². The molecule has 0 bridgehead atoms. The number of nitrogens with zero attached hydrogens (tertiary/aromatic N) is 3. The van der Waals surface area contributed by atoms with Gasteiger partial charge in [0.1, 0.15) is 17.9 Å². The summed E-state index contributed by atoms with van der Waals surface area (Å²) >= 11 is 0. The molecule has 1 unspecified atom stereocenters. The van der Waals surface area contributed by atoms with Crippen molar-refractivity contribution in [3.63, 3.8) is 0 Å². The topological polar surface area (TPSA) is 95.8 Å². The Bertz CT molecular complexity index is 1350. The minimum atomic E-state index is 0.00643. The molecule has 1 saturated heterocycles. The van der Waals surface area contributed by atoms with Crippen LogP contribution >= 0.6 is 0 Å². The van der Waals surface area contributed by atoms with E-state index in [1.807, 2.05) is 50.4 Å². The van der Waals surface area contributed by atoms with Gasteiger partial charge in [0, 0.05) is 29.2 Å². The quantitative estimate of drug-likeness (QED) is 0.423. The van der Waals surface area contributed by atoms with Crippen LogP contribution in [0.5, 0.6) is 11.6 Å². The zero-order valence-electron chi connectivity index (χ0n) is 19.3. The normalized spacial score (nSPS) is 15.9. The Balaban J connectivity index is 1.47. The Morgan fingerprint density at radius 3 is 2.76 bits per heavy atom. The molecule has 3 heterocycles. The van der Waals surface area contributed by atoms with Gasteiger partial charge in [-0.3, -0.25) is 4.98 Å². The number of ether oxygens (including phenoxy) is 2. The van der Waals surface area contributed by atoms with Crippen molar-refractivity contribution in [3.05, 3.63) is 60.6 Å². The molecule has 2 aromatic carbocycles. The number of rotatable bonds is 6. The predicted octanol–water partition coefficient (Wildman–Crippen LogP) is 5.08. The number of fused-ring (bicyclic) bond motifs is 1. The highest BCUT2D eigenvalue weighted by Crippen LogP contribution is 2.33. The molecular weight excluding hydrogens is 426 g/mol. The van der Waals surface area contributed by atoms with E-state index in [1.54, 1.807) is 12.4 Å². The summed E-state index contributed by atoms with van der Waals surface area (Å²) in [6.45, 7) is 5.76. The van der Waals surface area contributed by atoms with E-state index >= 15 is 0 Å². The van der Waals surface area contributed by atoms with Gasteiger partial charge in [-0.2, -0.15) is 5.26 Å². The maximum Gasteiger partial charge on any atom is 0.233 e. The fraction of sp³-hybridized carbons (Fsp3) is 0.296. The molecule has 1 aliphatic heterocycles. The van der Waals surface area contributed by atoms with E-state index in [2.05, 4.69) is 27.4 Å². The first kappa shape index (κ1) is 21.9. The smallest absolute Gasteiger partial charge is 0.233 e. The number of nitrogens with one attached hydrogen (secondary N) is 2. The molecule has 1 atom stereocenters. The lowest BCUT2D eigenvalue weighted by Gasteiger charge is -2.23. The van der Waals surface area contributed by atoms with Crippen LogP contribution in [0.25, 0.3) is 33.3 Å². The standard InChI is InChI=1S/C27H27N5O2/c1-17(2)33-26-8-6-18(10-20(26)12-28)19-5-7-24-22(11-19)23(14-31-24)25-15-30-16-27(32-25)34-21-4-3-9-29-13-21/h5-8,10-11,14-17,21,29,31H,3-4,9,13H2,1-2H3. The van der Waals surface area contributed by atoms with E-state index in [-0.39, 0.29) is 12.2 Å².